The second-order valence-electron chi connectivity index (χ2n) is 4.96. The van der Waals surface area contributed by atoms with E-state index in [-0.39, 0.29) is 17.3 Å². The number of hydrogen-bond acceptors (Lipinski definition) is 3. The van der Waals surface area contributed by atoms with Gasteiger partial charge in [-0.3, -0.25) is 4.79 Å². The van der Waals surface area contributed by atoms with E-state index in [1.807, 2.05) is 19.1 Å². The van der Waals surface area contributed by atoms with Crippen molar-refractivity contribution >= 4 is 5.97 Å². The van der Waals surface area contributed by atoms with Gasteiger partial charge in [-0.15, -0.1) is 0 Å². The fourth-order valence-corrected chi connectivity index (χ4v) is 2.71. The van der Waals surface area contributed by atoms with Crippen LogP contribution in [0.5, 0.6) is 0 Å². The van der Waals surface area contributed by atoms with Gasteiger partial charge >= 0.3 is 5.97 Å². The molecular formula is C12H18O3. The molecule has 1 saturated carbocycles. The Kier molecular flexibility index (Phi) is 2.38. The third-order valence-corrected chi connectivity index (χ3v) is 4.18. The molecule has 3 nitrogen and oxygen atoms in total. The summed E-state index contributed by atoms with van der Waals surface area (Å²) >= 11 is 0. The second-order valence-corrected chi connectivity index (χ2v) is 4.96. The predicted octanol–water partition coefficient (Wildman–Crippen LogP) is 1.66. The van der Waals surface area contributed by atoms with Crippen LogP contribution in [0.15, 0.2) is 12.2 Å². The van der Waals surface area contributed by atoms with E-state index in [4.69, 9.17) is 4.74 Å². The molecule has 0 radical (unpaired) electrons. The number of esters is 1. The monoisotopic (exact) mass is 210 g/mol. The molecule has 0 aromatic carbocycles. The van der Waals surface area contributed by atoms with E-state index in [0.29, 0.717) is 0 Å². The third-order valence-electron chi connectivity index (χ3n) is 4.18. The molecule has 84 valence electrons. The molecule has 3 heteroatoms. The van der Waals surface area contributed by atoms with Crippen LogP contribution in [0.2, 0.25) is 0 Å². The third kappa shape index (κ3) is 1.49. The molecule has 0 aromatic heterocycles. The molecule has 15 heavy (non-hydrogen) atoms. The highest BCUT2D eigenvalue weighted by Crippen LogP contribution is 2.56. The Hall–Kier alpha value is -0.830. The number of carbonyl (C=O) groups is 1. The summed E-state index contributed by atoms with van der Waals surface area (Å²) < 4.78 is 4.71. The first-order valence-corrected chi connectivity index (χ1v) is 5.50. The van der Waals surface area contributed by atoms with Gasteiger partial charge in [0.1, 0.15) is 0 Å². The molecule has 1 fully saturated rings. The van der Waals surface area contributed by atoms with E-state index in [2.05, 4.69) is 0 Å². The van der Waals surface area contributed by atoms with Crippen molar-refractivity contribution < 1.29 is 14.6 Å². The average molecular weight is 210 g/mol. The van der Waals surface area contributed by atoms with E-state index in [9.17, 15) is 9.90 Å². The summed E-state index contributed by atoms with van der Waals surface area (Å²) in [4.78, 5) is 11.3. The van der Waals surface area contributed by atoms with Crippen LogP contribution in [-0.2, 0) is 9.53 Å². The van der Waals surface area contributed by atoms with Crippen LogP contribution >= 0.6 is 0 Å². The standard InChI is InChI=1S/C12H18O3/c1-11(14)7-8-12(11)5-3-9(4-6-12)10(13)15-2/h3,5,9,14H,4,6-8H2,1-2H3/t9-,11+,12-/m0/s1. The summed E-state index contributed by atoms with van der Waals surface area (Å²) in [6.07, 6.45) is 7.50. The lowest BCUT2D eigenvalue weighted by atomic mass is 9.53. The molecule has 2 aliphatic carbocycles. The highest BCUT2D eigenvalue weighted by atomic mass is 16.5. The van der Waals surface area contributed by atoms with Crippen LogP contribution < -0.4 is 0 Å². The van der Waals surface area contributed by atoms with E-state index >= 15 is 0 Å². The van der Waals surface area contributed by atoms with E-state index in [1.165, 1.54) is 7.11 Å². The first-order chi connectivity index (χ1) is 7.01. The highest BCUT2D eigenvalue weighted by Gasteiger charge is 2.54. The molecule has 1 spiro atoms. The summed E-state index contributed by atoms with van der Waals surface area (Å²) in [6, 6.07) is 0. The summed E-state index contributed by atoms with van der Waals surface area (Å²) in [6.45, 7) is 1.89. The molecule has 2 rings (SSSR count). The van der Waals surface area contributed by atoms with Crippen molar-refractivity contribution in [3.8, 4) is 0 Å². The lowest BCUT2D eigenvalue weighted by Crippen LogP contribution is -2.55. The fraction of sp³-hybridized carbons (Fsp3) is 0.750. The Morgan fingerprint density at radius 3 is 2.53 bits per heavy atom. The molecule has 0 heterocycles. The van der Waals surface area contributed by atoms with E-state index in [0.717, 1.165) is 25.7 Å². The molecule has 0 unspecified atom stereocenters. The molecule has 0 saturated heterocycles. The van der Waals surface area contributed by atoms with Gasteiger partial charge in [0.05, 0.1) is 18.6 Å². The minimum Gasteiger partial charge on any atom is -0.469 e. The maximum absolute atomic E-state index is 11.3. The fourth-order valence-electron chi connectivity index (χ4n) is 2.71. The molecule has 0 amide bonds. The van der Waals surface area contributed by atoms with E-state index in [1.54, 1.807) is 0 Å². The normalized spacial score (nSPS) is 43.8. The molecule has 0 bridgehead atoms. The van der Waals surface area contributed by atoms with Crippen molar-refractivity contribution in [2.24, 2.45) is 11.3 Å². The van der Waals surface area contributed by atoms with Crippen molar-refractivity contribution in [3.63, 3.8) is 0 Å². The zero-order chi connectivity index (χ0) is 11.1. The highest BCUT2D eigenvalue weighted by molar-refractivity contribution is 5.74. The van der Waals surface area contributed by atoms with Gasteiger partial charge in [-0.2, -0.15) is 0 Å². The zero-order valence-corrected chi connectivity index (χ0v) is 9.32. The van der Waals surface area contributed by atoms with Crippen molar-refractivity contribution in [3.05, 3.63) is 12.2 Å². The number of carbonyl (C=O) groups excluding carboxylic acids is 1. The lowest BCUT2D eigenvalue weighted by Gasteiger charge is -2.55. The van der Waals surface area contributed by atoms with Crippen molar-refractivity contribution in [1.82, 2.24) is 0 Å². The average Bonchev–Trinajstić information content (AvgIpc) is 2.26. The number of methoxy groups -OCH3 is 1. The molecule has 0 aliphatic heterocycles. The molecular weight excluding hydrogens is 192 g/mol. The van der Waals surface area contributed by atoms with Gasteiger partial charge < -0.3 is 9.84 Å². The molecule has 2 aliphatic rings. The maximum Gasteiger partial charge on any atom is 0.312 e. The van der Waals surface area contributed by atoms with Crippen LogP contribution in [0.4, 0.5) is 0 Å². The minimum atomic E-state index is -0.579. The summed E-state index contributed by atoms with van der Waals surface area (Å²) in [5, 5.41) is 10.1. The smallest absolute Gasteiger partial charge is 0.312 e. The summed E-state index contributed by atoms with van der Waals surface area (Å²) in [5.74, 6) is -0.280. The van der Waals surface area contributed by atoms with Gasteiger partial charge in [0, 0.05) is 5.41 Å². The molecule has 3 atom stereocenters. The Balaban J connectivity index is 2.09. The summed E-state index contributed by atoms with van der Waals surface area (Å²) in [5.41, 5.74) is -0.651. The summed E-state index contributed by atoms with van der Waals surface area (Å²) in [7, 11) is 1.42. The SMILES string of the molecule is COC(=O)[C@H]1C=C[C@]2(CC1)CC[C@@]2(C)O. The largest absolute Gasteiger partial charge is 0.469 e. The van der Waals surface area contributed by atoms with Crippen molar-refractivity contribution in [1.29, 1.82) is 0 Å². The molecule has 0 aromatic rings. The van der Waals surface area contributed by atoms with Crippen molar-refractivity contribution in [2.45, 2.75) is 38.2 Å². The molecule has 1 N–H and O–H groups in total. The first kappa shape index (κ1) is 10.7. The zero-order valence-electron chi connectivity index (χ0n) is 9.32. The van der Waals surface area contributed by atoms with Gasteiger partial charge in [-0.25, -0.2) is 0 Å². The Morgan fingerprint density at radius 2 is 2.20 bits per heavy atom. The number of hydrogen-bond donors (Lipinski definition) is 1. The van der Waals surface area contributed by atoms with Crippen LogP contribution in [0.1, 0.15) is 32.6 Å². The number of aliphatic hydroxyl groups is 1. The van der Waals surface area contributed by atoms with Crippen molar-refractivity contribution in [2.75, 3.05) is 7.11 Å². The number of ether oxygens (including phenoxy) is 1. The quantitative estimate of drug-likeness (QED) is 0.529. The first-order valence-electron chi connectivity index (χ1n) is 5.50. The predicted molar refractivity (Wildman–Crippen MR) is 56.2 cm³/mol. The van der Waals surface area contributed by atoms with E-state index < -0.39 is 5.60 Å². The van der Waals surface area contributed by atoms with Crippen LogP contribution in [-0.4, -0.2) is 23.8 Å². The van der Waals surface area contributed by atoms with Gasteiger partial charge in [-0.05, 0) is 32.6 Å². The van der Waals surface area contributed by atoms with Crippen LogP contribution in [0, 0.1) is 11.3 Å². The Bertz CT molecular complexity index is 306. The van der Waals surface area contributed by atoms with Gasteiger partial charge in [0.15, 0.2) is 0 Å². The maximum atomic E-state index is 11.3. The lowest BCUT2D eigenvalue weighted by molar-refractivity contribution is -0.150. The topological polar surface area (TPSA) is 46.5 Å². The second kappa shape index (κ2) is 3.34. The van der Waals surface area contributed by atoms with Gasteiger partial charge in [0.2, 0.25) is 0 Å². The Morgan fingerprint density at radius 1 is 1.47 bits per heavy atom. The van der Waals surface area contributed by atoms with Gasteiger partial charge in [0.25, 0.3) is 0 Å². The van der Waals surface area contributed by atoms with Crippen LogP contribution in [0.25, 0.3) is 0 Å². The van der Waals surface area contributed by atoms with Crippen LogP contribution in [0.3, 0.4) is 0 Å². The number of rotatable bonds is 1. The Labute approximate surface area is 90.1 Å². The van der Waals surface area contributed by atoms with Gasteiger partial charge in [-0.1, -0.05) is 12.2 Å². The minimum absolute atomic E-state index is 0.0719.